The van der Waals surface area contributed by atoms with E-state index in [4.69, 9.17) is 11.6 Å². The molecule has 0 aliphatic carbocycles. The Labute approximate surface area is 145 Å². The quantitative estimate of drug-likeness (QED) is 0.773. The minimum absolute atomic E-state index is 0.0202. The highest BCUT2D eigenvalue weighted by Gasteiger charge is 2.18. The van der Waals surface area contributed by atoms with Crippen LogP contribution < -0.4 is 5.32 Å². The van der Waals surface area contributed by atoms with Gasteiger partial charge in [-0.3, -0.25) is 9.36 Å². The number of rotatable bonds is 2. The van der Waals surface area contributed by atoms with Crippen LogP contribution in [0.4, 0.5) is 0 Å². The molecule has 0 spiro atoms. The fourth-order valence-electron chi connectivity index (χ4n) is 3.06. The summed E-state index contributed by atoms with van der Waals surface area (Å²) < 4.78 is 1.96. The summed E-state index contributed by atoms with van der Waals surface area (Å²) in [6.07, 6.45) is 4.49. The molecule has 1 aliphatic heterocycles. The van der Waals surface area contributed by atoms with Gasteiger partial charge in [0, 0.05) is 35.8 Å². The van der Waals surface area contributed by atoms with Crippen molar-refractivity contribution < 1.29 is 4.79 Å². The molecule has 3 aromatic rings. The SMILES string of the molecule is Cc1ccc(-c2nccn2-c2ccc3c(c2)C(=O)NCC3)c(Cl)c1. The number of carbonyl (C=O) groups excluding carboxylic acids is 1. The van der Waals surface area contributed by atoms with Crippen LogP contribution in [-0.4, -0.2) is 22.0 Å². The average Bonchev–Trinajstić information content (AvgIpc) is 3.04. The van der Waals surface area contributed by atoms with Crippen molar-refractivity contribution >= 4 is 17.5 Å². The van der Waals surface area contributed by atoms with E-state index in [2.05, 4.69) is 10.3 Å². The van der Waals surface area contributed by atoms with Gasteiger partial charge in [-0.15, -0.1) is 0 Å². The fourth-order valence-corrected chi connectivity index (χ4v) is 3.38. The van der Waals surface area contributed by atoms with Gasteiger partial charge in [-0.05, 0) is 48.7 Å². The van der Waals surface area contributed by atoms with Crippen LogP contribution in [0.15, 0.2) is 48.8 Å². The number of hydrogen-bond acceptors (Lipinski definition) is 2. The molecule has 1 aromatic heterocycles. The van der Waals surface area contributed by atoms with E-state index in [-0.39, 0.29) is 5.91 Å². The number of amides is 1. The summed E-state index contributed by atoms with van der Waals surface area (Å²) in [6.45, 7) is 2.70. The Bertz CT molecular complexity index is 946. The molecule has 1 N–H and O–H groups in total. The van der Waals surface area contributed by atoms with Gasteiger partial charge in [0.1, 0.15) is 5.82 Å². The van der Waals surface area contributed by atoms with Gasteiger partial charge in [0.15, 0.2) is 0 Å². The molecule has 2 aromatic carbocycles. The van der Waals surface area contributed by atoms with Gasteiger partial charge in [0.2, 0.25) is 0 Å². The number of carbonyl (C=O) groups is 1. The van der Waals surface area contributed by atoms with E-state index in [1.807, 2.05) is 54.1 Å². The zero-order valence-corrected chi connectivity index (χ0v) is 14.0. The van der Waals surface area contributed by atoms with Crippen molar-refractivity contribution in [3.8, 4) is 17.1 Å². The lowest BCUT2D eigenvalue weighted by Crippen LogP contribution is -2.31. The first-order chi connectivity index (χ1) is 11.6. The summed E-state index contributed by atoms with van der Waals surface area (Å²) in [4.78, 5) is 16.6. The highest BCUT2D eigenvalue weighted by atomic mass is 35.5. The van der Waals surface area contributed by atoms with Gasteiger partial charge in [0.05, 0.1) is 5.02 Å². The van der Waals surface area contributed by atoms with E-state index < -0.39 is 0 Å². The maximum atomic E-state index is 12.1. The first-order valence-corrected chi connectivity index (χ1v) is 8.22. The molecular formula is C19H16ClN3O. The third-order valence-corrected chi connectivity index (χ3v) is 4.62. The van der Waals surface area contributed by atoms with E-state index in [9.17, 15) is 4.79 Å². The van der Waals surface area contributed by atoms with Crippen molar-refractivity contribution in [2.45, 2.75) is 13.3 Å². The Hall–Kier alpha value is -2.59. The molecule has 0 saturated carbocycles. The molecule has 0 fully saturated rings. The maximum absolute atomic E-state index is 12.1. The van der Waals surface area contributed by atoms with E-state index >= 15 is 0 Å². The molecule has 1 aliphatic rings. The number of fused-ring (bicyclic) bond motifs is 1. The number of aryl methyl sites for hydroxylation is 1. The molecule has 4 nitrogen and oxygen atoms in total. The van der Waals surface area contributed by atoms with Gasteiger partial charge in [-0.1, -0.05) is 23.7 Å². The molecular weight excluding hydrogens is 322 g/mol. The van der Waals surface area contributed by atoms with Gasteiger partial charge in [-0.25, -0.2) is 4.98 Å². The molecule has 0 bridgehead atoms. The van der Waals surface area contributed by atoms with Crippen LogP contribution in [0.3, 0.4) is 0 Å². The largest absolute Gasteiger partial charge is 0.352 e. The number of aromatic nitrogens is 2. The fraction of sp³-hybridized carbons (Fsp3) is 0.158. The molecule has 0 atom stereocenters. The molecule has 0 unspecified atom stereocenters. The zero-order chi connectivity index (χ0) is 16.7. The second-order valence-electron chi connectivity index (χ2n) is 5.95. The van der Waals surface area contributed by atoms with Gasteiger partial charge in [-0.2, -0.15) is 0 Å². The lowest BCUT2D eigenvalue weighted by Gasteiger charge is -2.18. The first-order valence-electron chi connectivity index (χ1n) is 7.85. The van der Waals surface area contributed by atoms with Crippen LogP contribution in [-0.2, 0) is 6.42 Å². The molecule has 0 saturated heterocycles. The molecule has 5 heteroatoms. The predicted molar refractivity (Wildman–Crippen MR) is 94.8 cm³/mol. The number of nitrogens with zero attached hydrogens (tertiary/aromatic N) is 2. The Morgan fingerprint density at radius 1 is 1.17 bits per heavy atom. The second-order valence-corrected chi connectivity index (χ2v) is 6.36. The molecule has 24 heavy (non-hydrogen) atoms. The van der Waals surface area contributed by atoms with Crippen molar-refractivity contribution in [2.24, 2.45) is 0 Å². The van der Waals surface area contributed by atoms with Gasteiger partial charge < -0.3 is 5.32 Å². The summed E-state index contributed by atoms with van der Waals surface area (Å²) in [7, 11) is 0. The molecule has 0 radical (unpaired) electrons. The van der Waals surface area contributed by atoms with Gasteiger partial charge in [0.25, 0.3) is 5.91 Å². The summed E-state index contributed by atoms with van der Waals surface area (Å²) in [5, 5.41) is 3.55. The standard InChI is InChI=1S/C19H16ClN3O/c1-12-2-5-15(17(20)10-12)18-21-8-9-23(18)14-4-3-13-6-7-22-19(24)16(13)11-14/h2-5,8-11H,6-7H2,1H3,(H,22,24). The van der Waals surface area contributed by atoms with Crippen molar-refractivity contribution in [2.75, 3.05) is 6.54 Å². The summed E-state index contributed by atoms with van der Waals surface area (Å²) in [5.41, 5.74) is 4.68. The van der Waals surface area contributed by atoms with Crippen molar-refractivity contribution in [1.29, 1.82) is 0 Å². The number of benzene rings is 2. The smallest absolute Gasteiger partial charge is 0.251 e. The topological polar surface area (TPSA) is 46.9 Å². The molecule has 120 valence electrons. The highest BCUT2D eigenvalue weighted by Crippen LogP contribution is 2.30. The van der Waals surface area contributed by atoms with E-state index in [1.54, 1.807) is 6.20 Å². The molecule has 1 amide bonds. The monoisotopic (exact) mass is 337 g/mol. The Morgan fingerprint density at radius 2 is 2.04 bits per heavy atom. The highest BCUT2D eigenvalue weighted by molar-refractivity contribution is 6.33. The van der Waals surface area contributed by atoms with Crippen LogP contribution >= 0.6 is 11.6 Å². The van der Waals surface area contributed by atoms with E-state index in [1.165, 1.54) is 0 Å². The van der Waals surface area contributed by atoms with E-state index in [0.29, 0.717) is 11.6 Å². The normalized spacial score (nSPS) is 13.5. The minimum Gasteiger partial charge on any atom is -0.352 e. The molecule has 2 heterocycles. The zero-order valence-electron chi connectivity index (χ0n) is 13.2. The summed E-state index contributed by atoms with van der Waals surface area (Å²) in [5.74, 6) is 0.740. The third-order valence-electron chi connectivity index (χ3n) is 4.30. The Balaban J connectivity index is 1.83. The second kappa shape index (κ2) is 5.80. The number of imidazole rings is 1. The number of hydrogen-bond donors (Lipinski definition) is 1. The minimum atomic E-state index is -0.0202. The van der Waals surface area contributed by atoms with Crippen molar-refractivity contribution in [1.82, 2.24) is 14.9 Å². The van der Waals surface area contributed by atoms with Crippen LogP contribution in [0.5, 0.6) is 0 Å². The van der Waals surface area contributed by atoms with Crippen LogP contribution in [0.2, 0.25) is 5.02 Å². The average molecular weight is 338 g/mol. The maximum Gasteiger partial charge on any atom is 0.251 e. The first kappa shape index (κ1) is 15.0. The number of nitrogens with one attached hydrogen (secondary N) is 1. The van der Waals surface area contributed by atoms with Crippen LogP contribution in [0.1, 0.15) is 21.5 Å². The van der Waals surface area contributed by atoms with E-state index in [0.717, 1.165) is 40.2 Å². The Kier molecular flexibility index (Phi) is 3.62. The third kappa shape index (κ3) is 2.49. The Morgan fingerprint density at radius 3 is 2.88 bits per heavy atom. The lowest BCUT2D eigenvalue weighted by atomic mass is 9.99. The summed E-state index contributed by atoms with van der Waals surface area (Å²) >= 11 is 6.40. The summed E-state index contributed by atoms with van der Waals surface area (Å²) in [6, 6.07) is 11.9. The van der Waals surface area contributed by atoms with Gasteiger partial charge >= 0.3 is 0 Å². The van der Waals surface area contributed by atoms with Crippen molar-refractivity contribution in [3.63, 3.8) is 0 Å². The lowest BCUT2D eigenvalue weighted by molar-refractivity contribution is 0.0946. The number of halogens is 1. The predicted octanol–water partition coefficient (Wildman–Crippen LogP) is 3.79. The van der Waals surface area contributed by atoms with Crippen LogP contribution in [0, 0.1) is 6.92 Å². The van der Waals surface area contributed by atoms with Crippen LogP contribution in [0.25, 0.3) is 17.1 Å². The molecule has 4 rings (SSSR count). The van der Waals surface area contributed by atoms with Crippen molar-refractivity contribution in [3.05, 3.63) is 70.5 Å².